The third kappa shape index (κ3) is 3.97. The van der Waals surface area contributed by atoms with Gasteiger partial charge in [-0.15, -0.1) is 5.10 Å². The van der Waals surface area contributed by atoms with Gasteiger partial charge in [0.15, 0.2) is 5.82 Å². The molecule has 1 atom stereocenters. The number of hydrogen-bond donors (Lipinski definition) is 1. The Labute approximate surface area is 157 Å². The van der Waals surface area contributed by atoms with Crippen LogP contribution >= 0.6 is 0 Å². The van der Waals surface area contributed by atoms with E-state index in [9.17, 15) is 12.8 Å². The molecule has 0 amide bonds. The lowest BCUT2D eigenvalue weighted by molar-refractivity contribution is 0.598. The monoisotopic (exact) mass is 389 g/mol. The molecule has 0 aliphatic heterocycles. The lowest BCUT2D eigenvalue weighted by atomic mass is 9.99. The summed E-state index contributed by atoms with van der Waals surface area (Å²) < 4.78 is 43.2. The van der Waals surface area contributed by atoms with Crippen molar-refractivity contribution in [2.24, 2.45) is 0 Å². The predicted octanol–water partition coefficient (Wildman–Crippen LogP) is 3.42. The molecule has 1 aromatic heterocycles. The molecule has 142 valence electrons. The minimum Gasteiger partial charge on any atom is -0.277 e. The van der Waals surface area contributed by atoms with Crippen molar-refractivity contribution in [1.82, 2.24) is 20.2 Å². The molecule has 0 saturated carbocycles. The number of rotatable bonds is 6. The van der Waals surface area contributed by atoms with Crippen molar-refractivity contribution >= 4 is 15.7 Å². The molecule has 27 heavy (non-hydrogen) atoms. The molecule has 0 spiro atoms. The van der Waals surface area contributed by atoms with Gasteiger partial charge in [-0.05, 0) is 65.6 Å². The Hall–Kier alpha value is -2.81. The summed E-state index contributed by atoms with van der Waals surface area (Å²) in [5, 5.41) is 11.1. The van der Waals surface area contributed by atoms with Crippen LogP contribution in [0.25, 0.3) is 5.69 Å². The number of tetrazole rings is 1. The first-order valence-corrected chi connectivity index (χ1v) is 9.98. The first kappa shape index (κ1) is 19.0. The number of nitrogens with one attached hydrogen (secondary N) is 1. The van der Waals surface area contributed by atoms with E-state index in [4.69, 9.17) is 0 Å². The van der Waals surface area contributed by atoms with Crippen molar-refractivity contribution in [1.29, 1.82) is 0 Å². The zero-order chi connectivity index (χ0) is 19.6. The van der Waals surface area contributed by atoms with E-state index in [2.05, 4.69) is 34.1 Å². The summed E-state index contributed by atoms with van der Waals surface area (Å²) in [5.41, 5.74) is 1.33. The highest BCUT2D eigenvalue weighted by Gasteiger charge is 2.18. The van der Waals surface area contributed by atoms with E-state index in [0.717, 1.165) is 12.0 Å². The number of halogens is 1. The average molecular weight is 389 g/mol. The molecule has 0 radical (unpaired) electrons. The van der Waals surface area contributed by atoms with E-state index in [1.54, 1.807) is 19.1 Å². The van der Waals surface area contributed by atoms with E-state index in [1.165, 1.54) is 35.0 Å². The van der Waals surface area contributed by atoms with Gasteiger partial charge in [-0.2, -0.15) is 4.68 Å². The van der Waals surface area contributed by atoms with Crippen LogP contribution in [0.3, 0.4) is 0 Å². The van der Waals surface area contributed by atoms with Crippen LogP contribution in [-0.2, 0) is 10.0 Å². The molecule has 9 heteroatoms. The molecule has 3 aromatic rings. The topological polar surface area (TPSA) is 89.8 Å². The quantitative estimate of drug-likeness (QED) is 0.698. The molecule has 0 aliphatic rings. The molecule has 0 fully saturated rings. The van der Waals surface area contributed by atoms with Crippen molar-refractivity contribution in [3.8, 4) is 5.69 Å². The molecule has 0 saturated heterocycles. The fourth-order valence-corrected chi connectivity index (χ4v) is 3.67. The Kier molecular flexibility index (Phi) is 5.22. The second-order valence-electron chi connectivity index (χ2n) is 6.29. The standard InChI is InChI=1S/C18H20FN5O2S/c1-4-12(2)14-5-8-16(9-6-14)27(25,26)21-18-11-15(7-10-17(18)19)24-13(3)20-22-23-24/h5-12,21H,4H2,1-3H3/t12-/m1/s1. The number of benzene rings is 2. The van der Waals surface area contributed by atoms with Gasteiger partial charge in [0.25, 0.3) is 10.0 Å². The van der Waals surface area contributed by atoms with E-state index in [-0.39, 0.29) is 10.6 Å². The predicted molar refractivity (Wildman–Crippen MR) is 99.8 cm³/mol. The first-order chi connectivity index (χ1) is 12.8. The number of nitrogens with zero attached hydrogens (tertiary/aromatic N) is 4. The summed E-state index contributed by atoms with van der Waals surface area (Å²) in [5.74, 6) is 0.142. The number of hydrogen-bond acceptors (Lipinski definition) is 5. The van der Waals surface area contributed by atoms with Gasteiger partial charge in [0, 0.05) is 0 Å². The van der Waals surface area contributed by atoms with Crippen LogP contribution in [0.5, 0.6) is 0 Å². The summed E-state index contributed by atoms with van der Waals surface area (Å²) >= 11 is 0. The van der Waals surface area contributed by atoms with Gasteiger partial charge in [0.2, 0.25) is 0 Å². The third-order valence-electron chi connectivity index (χ3n) is 4.44. The molecule has 3 rings (SSSR count). The Morgan fingerprint density at radius 1 is 1.19 bits per heavy atom. The molecular weight excluding hydrogens is 369 g/mol. The molecule has 1 N–H and O–H groups in total. The Morgan fingerprint density at radius 2 is 1.89 bits per heavy atom. The summed E-state index contributed by atoms with van der Waals surface area (Å²) in [6, 6.07) is 10.6. The van der Waals surface area contributed by atoms with Gasteiger partial charge >= 0.3 is 0 Å². The molecule has 7 nitrogen and oxygen atoms in total. The normalized spacial score (nSPS) is 12.7. The van der Waals surface area contributed by atoms with Gasteiger partial charge in [-0.1, -0.05) is 26.0 Å². The number of sulfonamides is 1. The Bertz CT molecular complexity index is 1050. The highest BCUT2D eigenvalue weighted by molar-refractivity contribution is 7.92. The summed E-state index contributed by atoms with van der Waals surface area (Å²) in [6.45, 7) is 5.83. The van der Waals surface area contributed by atoms with Crippen LogP contribution in [0.2, 0.25) is 0 Å². The maximum Gasteiger partial charge on any atom is 0.261 e. The molecule has 0 aliphatic carbocycles. The molecular formula is C18H20FN5O2S. The van der Waals surface area contributed by atoms with Gasteiger partial charge in [0.1, 0.15) is 5.82 Å². The maximum atomic E-state index is 14.2. The summed E-state index contributed by atoms with van der Waals surface area (Å²) in [7, 11) is -3.93. The highest BCUT2D eigenvalue weighted by Crippen LogP contribution is 2.24. The smallest absolute Gasteiger partial charge is 0.261 e. The van der Waals surface area contributed by atoms with Crippen LogP contribution in [0.4, 0.5) is 10.1 Å². The molecule has 0 unspecified atom stereocenters. The van der Waals surface area contributed by atoms with Crippen LogP contribution in [0, 0.1) is 12.7 Å². The maximum absolute atomic E-state index is 14.2. The number of anilines is 1. The SMILES string of the molecule is CC[C@@H](C)c1ccc(S(=O)(=O)Nc2cc(-n3nnnc3C)ccc2F)cc1. The van der Waals surface area contributed by atoms with Gasteiger partial charge < -0.3 is 0 Å². The van der Waals surface area contributed by atoms with Crippen LogP contribution < -0.4 is 4.72 Å². The van der Waals surface area contributed by atoms with Gasteiger partial charge in [-0.3, -0.25) is 4.72 Å². The number of aryl methyl sites for hydroxylation is 1. The van der Waals surface area contributed by atoms with Crippen molar-refractivity contribution in [3.05, 3.63) is 59.7 Å². The van der Waals surface area contributed by atoms with Gasteiger partial charge in [-0.25, -0.2) is 12.8 Å². The van der Waals surface area contributed by atoms with Gasteiger partial charge in [0.05, 0.1) is 16.3 Å². The van der Waals surface area contributed by atoms with E-state index in [0.29, 0.717) is 17.4 Å². The first-order valence-electron chi connectivity index (χ1n) is 8.49. The Balaban J connectivity index is 1.90. The fourth-order valence-electron chi connectivity index (χ4n) is 2.61. The Morgan fingerprint density at radius 3 is 2.48 bits per heavy atom. The third-order valence-corrected chi connectivity index (χ3v) is 5.82. The van der Waals surface area contributed by atoms with E-state index in [1.807, 2.05) is 0 Å². The zero-order valence-corrected chi connectivity index (χ0v) is 16.0. The largest absolute Gasteiger partial charge is 0.277 e. The van der Waals surface area contributed by atoms with E-state index < -0.39 is 15.8 Å². The average Bonchev–Trinajstić information content (AvgIpc) is 3.09. The van der Waals surface area contributed by atoms with Crippen LogP contribution in [0.1, 0.15) is 37.6 Å². The molecule has 0 bridgehead atoms. The van der Waals surface area contributed by atoms with Crippen molar-refractivity contribution in [2.45, 2.75) is 38.0 Å². The number of aromatic nitrogens is 4. The minimum atomic E-state index is -3.93. The van der Waals surface area contributed by atoms with Crippen LogP contribution in [0.15, 0.2) is 47.4 Å². The molecule has 1 heterocycles. The lowest BCUT2D eigenvalue weighted by Gasteiger charge is -2.12. The summed E-state index contributed by atoms with van der Waals surface area (Å²) in [4.78, 5) is 0.0676. The molecule has 2 aromatic carbocycles. The highest BCUT2D eigenvalue weighted by atomic mass is 32.2. The van der Waals surface area contributed by atoms with Crippen LogP contribution in [-0.4, -0.2) is 28.6 Å². The lowest BCUT2D eigenvalue weighted by Crippen LogP contribution is -2.14. The second kappa shape index (κ2) is 7.43. The van der Waals surface area contributed by atoms with Crippen molar-refractivity contribution in [3.63, 3.8) is 0 Å². The van der Waals surface area contributed by atoms with Crippen molar-refractivity contribution in [2.75, 3.05) is 4.72 Å². The zero-order valence-electron chi connectivity index (χ0n) is 15.2. The van der Waals surface area contributed by atoms with Crippen molar-refractivity contribution < 1.29 is 12.8 Å². The van der Waals surface area contributed by atoms with E-state index >= 15 is 0 Å². The minimum absolute atomic E-state index is 0.0676. The fraction of sp³-hybridized carbons (Fsp3) is 0.278. The second-order valence-corrected chi connectivity index (χ2v) is 7.97. The summed E-state index contributed by atoms with van der Waals surface area (Å²) in [6.07, 6.45) is 0.957.